The molecule has 1 aliphatic heterocycles. The zero-order valence-corrected chi connectivity index (χ0v) is 11.5. The lowest BCUT2D eigenvalue weighted by Crippen LogP contribution is -2.28. The highest BCUT2D eigenvalue weighted by Gasteiger charge is 2.27. The quantitative estimate of drug-likeness (QED) is 0.935. The first kappa shape index (κ1) is 12.6. The summed E-state index contributed by atoms with van der Waals surface area (Å²) < 4.78 is 1.16. The predicted molar refractivity (Wildman–Crippen MR) is 77.5 cm³/mol. The molecule has 2 heterocycles. The van der Waals surface area contributed by atoms with E-state index in [0.29, 0.717) is 5.92 Å². The lowest BCUT2D eigenvalue weighted by molar-refractivity contribution is 0.0789. The third-order valence-electron chi connectivity index (χ3n) is 3.75. The molecule has 1 aromatic carbocycles. The van der Waals surface area contributed by atoms with Gasteiger partial charge in [0.1, 0.15) is 0 Å². The van der Waals surface area contributed by atoms with Gasteiger partial charge in [-0.3, -0.25) is 4.79 Å². The normalized spacial score (nSPS) is 19.2. The number of fused-ring (bicyclic) bond motifs is 1. The average molecular weight is 275 g/mol. The van der Waals surface area contributed by atoms with Crippen LogP contribution in [0, 0.1) is 5.92 Å². The number of aliphatic hydroxyl groups is 1. The molecular weight excluding hydrogens is 258 g/mol. The minimum atomic E-state index is 0.140. The molecule has 2 aromatic rings. The van der Waals surface area contributed by atoms with Crippen molar-refractivity contribution in [2.75, 3.05) is 19.7 Å². The van der Waals surface area contributed by atoms with Gasteiger partial charge in [-0.25, -0.2) is 0 Å². The van der Waals surface area contributed by atoms with Gasteiger partial charge in [0.05, 0.1) is 4.88 Å². The third kappa shape index (κ3) is 2.51. The first-order valence-electron chi connectivity index (χ1n) is 6.66. The lowest BCUT2D eigenvalue weighted by atomic mass is 10.1. The summed E-state index contributed by atoms with van der Waals surface area (Å²) in [5.41, 5.74) is 0. The van der Waals surface area contributed by atoms with Gasteiger partial charge in [-0.15, -0.1) is 11.3 Å². The maximum Gasteiger partial charge on any atom is 0.263 e. The second kappa shape index (κ2) is 5.31. The number of nitrogens with zero attached hydrogens (tertiary/aromatic N) is 1. The van der Waals surface area contributed by atoms with Crippen LogP contribution in [0.15, 0.2) is 30.3 Å². The van der Waals surface area contributed by atoms with Gasteiger partial charge in [-0.2, -0.15) is 0 Å². The van der Waals surface area contributed by atoms with Gasteiger partial charge in [-0.1, -0.05) is 18.2 Å². The van der Waals surface area contributed by atoms with Gasteiger partial charge in [0, 0.05) is 24.4 Å². The highest BCUT2D eigenvalue weighted by Crippen LogP contribution is 2.28. The Balaban J connectivity index is 1.77. The molecule has 4 heteroatoms. The number of hydrogen-bond acceptors (Lipinski definition) is 3. The van der Waals surface area contributed by atoms with E-state index >= 15 is 0 Å². The third-order valence-corrected chi connectivity index (χ3v) is 4.85. The van der Waals surface area contributed by atoms with Crippen LogP contribution in [0.25, 0.3) is 10.1 Å². The van der Waals surface area contributed by atoms with Crippen molar-refractivity contribution in [3.8, 4) is 0 Å². The Morgan fingerprint density at radius 2 is 2.26 bits per heavy atom. The van der Waals surface area contributed by atoms with Gasteiger partial charge < -0.3 is 10.0 Å². The summed E-state index contributed by atoms with van der Waals surface area (Å²) in [7, 11) is 0. The van der Waals surface area contributed by atoms with Crippen molar-refractivity contribution in [3.63, 3.8) is 0 Å². The number of thiophene rings is 1. The van der Waals surface area contributed by atoms with Crippen LogP contribution in [-0.4, -0.2) is 35.6 Å². The van der Waals surface area contributed by atoms with E-state index in [-0.39, 0.29) is 12.5 Å². The number of likely N-dealkylation sites (tertiary alicyclic amines) is 1. The van der Waals surface area contributed by atoms with Crippen LogP contribution in [0.4, 0.5) is 0 Å². The molecule has 1 unspecified atom stereocenters. The summed E-state index contributed by atoms with van der Waals surface area (Å²) >= 11 is 1.57. The number of rotatable bonds is 3. The number of carbonyl (C=O) groups excluding carboxylic acids is 1. The highest BCUT2D eigenvalue weighted by atomic mass is 32.1. The van der Waals surface area contributed by atoms with Gasteiger partial charge >= 0.3 is 0 Å². The van der Waals surface area contributed by atoms with Crippen LogP contribution < -0.4 is 0 Å². The molecule has 1 atom stereocenters. The molecular formula is C15H17NO2S. The van der Waals surface area contributed by atoms with Gasteiger partial charge in [0.2, 0.25) is 0 Å². The number of carbonyl (C=O) groups is 1. The van der Waals surface area contributed by atoms with E-state index < -0.39 is 0 Å². The fraction of sp³-hybridized carbons (Fsp3) is 0.400. The number of amides is 1. The average Bonchev–Trinajstić information content (AvgIpc) is 3.04. The molecule has 0 spiro atoms. The summed E-state index contributed by atoms with van der Waals surface area (Å²) in [6, 6.07) is 10.1. The van der Waals surface area contributed by atoms with E-state index in [1.807, 2.05) is 29.2 Å². The van der Waals surface area contributed by atoms with Crippen LogP contribution in [0.2, 0.25) is 0 Å². The molecule has 0 aliphatic carbocycles. The molecule has 1 aromatic heterocycles. The fourth-order valence-electron chi connectivity index (χ4n) is 2.68. The highest BCUT2D eigenvalue weighted by molar-refractivity contribution is 7.20. The van der Waals surface area contributed by atoms with Gasteiger partial charge in [-0.05, 0) is 36.3 Å². The fourth-order valence-corrected chi connectivity index (χ4v) is 3.71. The van der Waals surface area contributed by atoms with Crippen molar-refractivity contribution in [2.45, 2.75) is 12.8 Å². The van der Waals surface area contributed by atoms with E-state index in [1.165, 1.54) is 0 Å². The maximum absolute atomic E-state index is 12.4. The first-order chi connectivity index (χ1) is 9.28. The Hall–Kier alpha value is -1.39. The zero-order chi connectivity index (χ0) is 13.2. The molecule has 1 amide bonds. The summed E-state index contributed by atoms with van der Waals surface area (Å²) in [6.45, 7) is 1.82. The first-order valence-corrected chi connectivity index (χ1v) is 7.48. The van der Waals surface area contributed by atoms with Crippen LogP contribution in [0.5, 0.6) is 0 Å². The van der Waals surface area contributed by atoms with Crippen molar-refractivity contribution in [2.24, 2.45) is 5.92 Å². The Morgan fingerprint density at radius 1 is 1.42 bits per heavy atom. The van der Waals surface area contributed by atoms with Crippen molar-refractivity contribution in [3.05, 3.63) is 35.2 Å². The van der Waals surface area contributed by atoms with E-state index in [1.54, 1.807) is 11.3 Å². The Bertz CT molecular complexity index is 560. The smallest absolute Gasteiger partial charge is 0.263 e. The van der Waals surface area contributed by atoms with E-state index in [4.69, 9.17) is 5.11 Å². The predicted octanol–water partition coefficient (Wildman–Crippen LogP) is 2.75. The van der Waals surface area contributed by atoms with Crippen LogP contribution in [-0.2, 0) is 0 Å². The van der Waals surface area contributed by atoms with Crippen molar-refractivity contribution in [1.29, 1.82) is 0 Å². The topological polar surface area (TPSA) is 40.5 Å². The molecule has 1 saturated heterocycles. The van der Waals surface area contributed by atoms with E-state index in [0.717, 1.165) is 40.9 Å². The minimum absolute atomic E-state index is 0.140. The Kier molecular flexibility index (Phi) is 3.53. The Morgan fingerprint density at radius 3 is 3.05 bits per heavy atom. The van der Waals surface area contributed by atoms with E-state index in [2.05, 4.69) is 6.07 Å². The standard InChI is InChI=1S/C15H17NO2S/c17-8-6-11-5-7-16(10-11)15(18)14-9-12-3-1-2-4-13(12)19-14/h1-4,9,11,17H,5-8,10H2. The van der Waals surface area contributed by atoms with Gasteiger partial charge in [0.25, 0.3) is 5.91 Å². The molecule has 3 nitrogen and oxygen atoms in total. The van der Waals surface area contributed by atoms with Crippen molar-refractivity contribution >= 4 is 27.3 Å². The molecule has 1 N–H and O–H groups in total. The summed E-state index contributed by atoms with van der Waals surface area (Å²) in [5.74, 6) is 0.602. The van der Waals surface area contributed by atoms with Crippen LogP contribution in [0.1, 0.15) is 22.5 Å². The Labute approximate surface area is 116 Å². The molecule has 0 saturated carbocycles. The molecule has 1 aliphatic rings. The molecule has 3 rings (SSSR count). The minimum Gasteiger partial charge on any atom is -0.396 e. The number of benzene rings is 1. The molecule has 0 radical (unpaired) electrons. The molecule has 19 heavy (non-hydrogen) atoms. The zero-order valence-electron chi connectivity index (χ0n) is 10.7. The maximum atomic E-state index is 12.4. The van der Waals surface area contributed by atoms with Crippen LogP contribution >= 0.6 is 11.3 Å². The SMILES string of the molecule is O=C(c1cc2ccccc2s1)N1CCC(CCO)C1. The van der Waals surface area contributed by atoms with Gasteiger partial charge in [0.15, 0.2) is 0 Å². The lowest BCUT2D eigenvalue weighted by Gasteiger charge is -2.15. The second-order valence-corrected chi connectivity index (χ2v) is 6.15. The summed E-state index contributed by atoms with van der Waals surface area (Å²) in [5, 5.41) is 10.1. The monoisotopic (exact) mass is 275 g/mol. The molecule has 0 bridgehead atoms. The summed E-state index contributed by atoms with van der Waals surface area (Å²) in [4.78, 5) is 15.2. The molecule has 100 valence electrons. The molecule has 1 fully saturated rings. The largest absolute Gasteiger partial charge is 0.396 e. The number of aliphatic hydroxyl groups excluding tert-OH is 1. The summed E-state index contributed by atoms with van der Waals surface area (Å²) in [6.07, 6.45) is 1.81. The van der Waals surface area contributed by atoms with E-state index in [9.17, 15) is 4.79 Å². The van der Waals surface area contributed by atoms with Crippen LogP contribution in [0.3, 0.4) is 0 Å². The van der Waals surface area contributed by atoms with Crippen molar-refractivity contribution < 1.29 is 9.90 Å². The number of hydrogen-bond donors (Lipinski definition) is 1. The van der Waals surface area contributed by atoms with Crippen molar-refractivity contribution in [1.82, 2.24) is 4.90 Å². The second-order valence-electron chi connectivity index (χ2n) is 5.07.